The molecule has 0 saturated heterocycles. The molecule has 0 amide bonds. The molecule has 0 radical (unpaired) electrons. The second-order valence-corrected chi connectivity index (χ2v) is 3.67. The molecule has 0 aromatic heterocycles. The van der Waals surface area contributed by atoms with Crippen molar-refractivity contribution in [2.75, 3.05) is 19.9 Å². The number of benzene rings is 1. The van der Waals surface area contributed by atoms with Gasteiger partial charge in [-0.1, -0.05) is 30.7 Å². The second-order valence-electron chi connectivity index (χ2n) is 3.26. The fourth-order valence-electron chi connectivity index (χ4n) is 1.30. The average Bonchev–Trinajstić information content (AvgIpc) is 2.29. The van der Waals surface area contributed by atoms with Gasteiger partial charge in [-0.3, -0.25) is 0 Å². The Balaban J connectivity index is 2.69. The van der Waals surface area contributed by atoms with Crippen molar-refractivity contribution in [3.63, 3.8) is 0 Å². The van der Waals surface area contributed by atoms with E-state index in [1.807, 2.05) is 25.1 Å². The molecule has 0 atom stereocenters. The molecule has 1 aromatic carbocycles. The maximum atomic E-state index is 6.08. The summed E-state index contributed by atoms with van der Waals surface area (Å²) < 4.78 is 10.7. The summed E-state index contributed by atoms with van der Waals surface area (Å²) >= 11 is 6.08. The molecule has 1 rings (SSSR count). The van der Waals surface area contributed by atoms with Gasteiger partial charge in [0, 0.05) is 18.7 Å². The summed E-state index contributed by atoms with van der Waals surface area (Å²) in [6, 6.07) is 5.73. The minimum absolute atomic E-state index is 0.235. The van der Waals surface area contributed by atoms with E-state index in [1.165, 1.54) is 0 Å². The summed E-state index contributed by atoms with van der Waals surface area (Å²) in [7, 11) is 0. The molecule has 0 bridgehead atoms. The lowest BCUT2D eigenvalue weighted by molar-refractivity contribution is 0.0218. The van der Waals surface area contributed by atoms with Crippen molar-refractivity contribution in [2.45, 2.75) is 20.4 Å². The minimum Gasteiger partial charge on any atom is -0.466 e. The zero-order valence-electron chi connectivity index (χ0n) is 9.75. The Labute approximate surface area is 102 Å². The van der Waals surface area contributed by atoms with E-state index in [0.717, 1.165) is 18.7 Å². The maximum Gasteiger partial charge on any atom is 0.189 e. The Kier molecular flexibility index (Phi) is 6.23. The van der Waals surface area contributed by atoms with Gasteiger partial charge in [0.05, 0.1) is 5.02 Å². The minimum atomic E-state index is 0.235. The number of halogens is 1. The highest BCUT2D eigenvalue weighted by Crippen LogP contribution is 2.28. The van der Waals surface area contributed by atoms with Crippen LogP contribution in [-0.2, 0) is 11.3 Å². The topological polar surface area (TPSA) is 30.5 Å². The van der Waals surface area contributed by atoms with Crippen molar-refractivity contribution >= 4 is 11.6 Å². The highest BCUT2D eigenvalue weighted by molar-refractivity contribution is 6.32. The van der Waals surface area contributed by atoms with Gasteiger partial charge in [0.2, 0.25) is 0 Å². The van der Waals surface area contributed by atoms with Gasteiger partial charge in [-0.2, -0.15) is 0 Å². The van der Waals surface area contributed by atoms with Gasteiger partial charge >= 0.3 is 0 Å². The molecule has 0 heterocycles. The van der Waals surface area contributed by atoms with Gasteiger partial charge in [0.1, 0.15) is 5.75 Å². The third kappa shape index (κ3) is 4.00. The molecular weight excluding hydrogens is 226 g/mol. The van der Waals surface area contributed by atoms with Crippen molar-refractivity contribution in [3.05, 3.63) is 28.8 Å². The summed E-state index contributed by atoms with van der Waals surface area (Å²) in [6.45, 7) is 6.52. The summed E-state index contributed by atoms with van der Waals surface area (Å²) in [4.78, 5) is 0. The lowest BCUT2D eigenvalue weighted by Crippen LogP contribution is -2.13. The Morgan fingerprint density at radius 3 is 2.81 bits per heavy atom. The van der Waals surface area contributed by atoms with Crippen LogP contribution in [0.2, 0.25) is 5.02 Å². The number of ether oxygens (including phenoxy) is 2. The van der Waals surface area contributed by atoms with Crippen molar-refractivity contribution in [1.29, 1.82) is 0 Å². The SMILES string of the molecule is CCNCc1cccc(Cl)c1OCOCC. The van der Waals surface area contributed by atoms with Crippen molar-refractivity contribution < 1.29 is 9.47 Å². The van der Waals surface area contributed by atoms with Crippen LogP contribution in [0.25, 0.3) is 0 Å². The normalized spacial score (nSPS) is 10.4. The van der Waals surface area contributed by atoms with Gasteiger partial charge < -0.3 is 14.8 Å². The van der Waals surface area contributed by atoms with Crippen LogP contribution in [0.5, 0.6) is 5.75 Å². The lowest BCUT2D eigenvalue weighted by Gasteiger charge is -2.13. The predicted molar refractivity (Wildman–Crippen MR) is 66.0 cm³/mol. The first-order valence-electron chi connectivity index (χ1n) is 5.48. The monoisotopic (exact) mass is 243 g/mol. The fourth-order valence-corrected chi connectivity index (χ4v) is 1.55. The van der Waals surface area contributed by atoms with Gasteiger partial charge in [-0.25, -0.2) is 0 Å². The Bertz CT molecular complexity index is 318. The van der Waals surface area contributed by atoms with Crippen molar-refractivity contribution in [1.82, 2.24) is 5.32 Å². The lowest BCUT2D eigenvalue weighted by atomic mass is 10.2. The molecule has 90 valence electrons. The number of para-hydroxylation sites is 1. The van der Waals surface area contributed by atoms with Gasteiger partial charge in [-0.15, -0.1) is 0 Å². The largest absolute Gasteiger partial charge is 0.466 e. The molecule has 0 fully saturated rings. The van der Waals surface area contributed by atoms with E-state index in [9.17, 15) is 0 Å². The first-order chi connectivity index (χ1) is 7.79. The van der Waals surface area contributed by atoms with E-state index >= 15 is 0 Å². The molecule has 0 saturated carbocycles. The van der Waals surface area contributed by atoms with Crippen LogP contribution in [-0.4, -0.2) is 19.9 Å². The molecule has 1 N–H and O–H groups in total. The van der Waals surface area contributed by atoms with Crippen LogP contribution in [0.1, 0.15) is 19.4 Å². The summed E-state index contributed by atoms with van der Waals surface area (Å²) in [5, 5.41) is 3.86. The Morgan fingerprint density at radius 1 is 1.31 bits per heavy atom. The zero-order chi connectivity index (χ0) is 11.8. The Hall–Kier alpha value is -0.770. The third-order valence-electron chi connectivity index (χ3n) is 2.10. The molecule has 16 heavy (non-hydrogen) atoms. The summed E-state index contributed by atoms with van der Waals surface area (Å²) in [6.07, 6.45) is 0. The van der Waals surface area contributed by atoms with Gasteiger partial charge in [0.15, 0.2) is 6.79 Å². The van der Waals surface area contributed by atoms with Crippen LogP contribution in [0.3, 0.4) is 0 Å². The van der Waals surface area contributed by atoms with E-state index in [-0.39, 0.29) is 6.79 Å². The van der Waals surface area contributed by atoms with Crippen LogP contribution in [0, 0.1) is 0 Å². The molecule has 3 nitrogen and oxygen atoms in total. The first kappa shape index (κ1) is 13.3. The maximum absolute atomic E-state index is 6.08. The highest BCUT2D eigenvalue weighted by atomic mass is 35.5. The molecule has 4 heteroatoms. The molecular formula is C12H18ClNO2. The van der Waals surface area contributed by atoms with E-state index < -0.39 is 0 Å². The summed E-state index contributed by atoms with van der Waals surface area (Å²) in [5.74, 6) is 0.707. The van der Waals surface area contributed by atoms with Crippen LogP contribution in [0.15, 0.2) is 18.2 Å². The van der Waals surface area contributed by atoms with Crippen molar-refractivity contribution in [2.24, 2.45) is 0 Å². The standard InChI is InChI=1S/C12H18ClNO2/c1-3-14-8-10-6-5-7-11(13)12(10)16-9-15-4-2/h5-7,14H,3-4,8-9H2,1-2H3. The molecule has 0 unspecified atom stereocenters. The van der Waals surface area contributed by atoms with Crippen LogP contribution < -0.4 is 10.1 Å². The Morgan fingerprint density at radius 2 is 2.12 bits per heavy atom. The number of hydrogen-bond donors (Lipinski definition) is 1. The first-order valence-corrected chi connectivity index (χ1v) is 5.86. The quantitative estimate of drug-likeness (QED) is 0.590. The molecule has 0 aliphatic rings. The molecule has 1 aromatic rings. The average molecular weight is 244 g/mol. The van der Waals surface area contributed by atoms with E-state index in [2.05, 4.69) is 12.2 Å². The second kappa shape index (κ2) is 7.49. The van der Waals surface area contributed by atoms with E-state index in [0.29, 0.717) is 17.4 Å². The van der Waals surface area contributed by atoms with Gasteiger partial charge in [0.25, 0.3) is 0 Å². The third-order valence-corrected chi connectivity index (χ3v) is 2.40. The van der Waals surface area contributed by atoms with Crippen molar-refractivity contribution in [3.8, 4) is 5.75 Å². The van der Waals surface area contributed by atoms with Gasteiger partial charge in [-0.05, 0) is 19.5 Å². The number of hydrogen-bond acceptors (Lipinski definition) is 3. The smallest absolute Gasteiger partial charge is 0.189 e. The summed E-state index contributed by atoms with van der Waals surface area (Å²) in [5.41, 5.74) is 1.05. The number of nitrogens with one attached hydrogen (secondary N) is 1. The molecule has 0 aliphatic heterocycles. The van der Waals surface area contributed by atoms with Crippen LogP contribution in [0.4, 0.5) is 0 Å². The van der Waals surface area contributed by atoms with E-state index in [1.54, 1.807) is 0 Å². The van der Waals surface area contributed by atoms with E-state index in [4.69, 9.17) is 21.1 Å². The highest BCUT2D eigenvalue weighted by Gasteiger charge is 2.07. The number of rotatable bonds is 7. The molecule has 0 spiro atoms. The van der Waals surface area contributed by atoms with Crippen LogP contribution >= 0.6 is 11.6 Å². The molecule has 0 aliphatic carbocycles. The predicted octanol–water partition coefficient (Wildman–Crippen LogP) is 2.82. The zero-order valence-corrected chi connectivity index (χ0v) is 10.5. The fraction of sp³-hybridized carbons (Fsp3) is 0.500.